The molecule has 10 nitrogen and oxygen atoms in total. The molecular formula is C18H23N7O3. The first-order valence-electron chi connectivity index (χ1n) is 9.46. The Kier molecular flexibility index (Phi) is 5.20. The second kappa shape index (κ2) is 7.93. The van der Waals surface area contributed by atoms with Gasteiger partial charge in [0.2, 0.25) is 5.91 Å². The quantitative estimate of drug-likeness (QED) is 0.655. The van der Waals surface area contributed by atoms with Gasteiger partial charge in [-0.3, -0.25) is 9.59 Å². The van der Waals surface area contributed by atoms with Crippen molar-refractivity contribution in [2.45, 2.75) is 31.8 Å². The molecule has 1 fully saturated rings. The molecule has 0 saturated carbocycles. The van der Waals surface area contributed by atoms with Crippen LogP contribution in [-0.2, 0) is 17.9 Å². The lowest BCUT2D eigenvalue weighted by Gasteiger charge is -2.32. The van der Waals surface area contributed by atoms with E-state index in [1.54, 1.807) is 4.90 Å². The van der Waals surface area contributed by atoms with Crippen LogP contribution in [0.5, 0.6) is 5.75 Å². The van der Waals surface area contributed by atoms with Crippen molar-refractivity contribution in [2.75, 3.05) is 26.2 Å². The van der Waals surface area contributed by atoms with Crippen molar-refractivity contribution in [2.24, 2.45) is 0 Å². The Morgan fingerprint density at radius 2 is 2.07 bits per heavy atom. The second-order valence-corrected chi connectivity index (χ2v) is 7.01. The van der Waals surface area contributed by atoms with Crippen LogP contribution in [-0.4, -0.2) is 67.7 Å². The number of nitrogens with zero attached hydrogens (tertiary/aromatic N) is 5. The number of hydrogen-bond donors (Lipinski definition) is 3. The van der Waals surface area contributed by atoms with E-state index >= 15 is 0 Å². The van der Waals surface area contributed by atoms with Gasteiger partial charge in [-0.05, 0) is 25.0 Å². The van der Waals surface area contributed by atoms with Gasteiger partial charge in [-0.15, -0.1) is 10.2 Å². The molecule has 0 spiro atoms. The summed E-state index contributed by atoms with van der Waals surface area (Å²) in [6.07, 6.45) is 3.07. The number of carbonyl (C=O) groups is 2. The van der Waals surface area contributed by atoms with E-state index in [4.69, 9.17) is 0 Å². The molecule has 0 aromatic carbocycles. The summed E-state index contributed by atoms with van der Waals surface area (Å²) in [5, 5.41) is 24.1. The average Bonchev–Trinajstić information content (AvgIpc) is 3.16. The lowest BCUT2D eigenvalue weighted by molar-refractivity contribution is -0.131. The van der Waals surface area contributed by atoms with Gasteiger partial charge in [0.25, 0.3) is 5.91 Å². The molecule has 0 atom stereocenters. The van der Waals surface area contributed by atoms with Crippen molar-refractivity contribution >= 4 is 11.8 Å². The number of pyridine rings is 1. The molecule has 0 bridgehead atoms. The van der Waals surface area contributed by atoms with Gasteiger partial charge in [0.1, 0.15) is 17.4 Å². The van der Waals surface area contributed by atoms with Crippen LogP contribution in [0.3, 0.4) is 0 Å². The van der Waals surface area contributed by atoms with Crippen LogP contribution < -0.4 is 10.6 Å². The Balaban J connectivity index is 1.29. The largest absolute Gasteiger partial charge is 0.505 e. The summed E-state index contributed by atoms with van der Waals surface area (Å²) in [5.41, 5.74) is -0.0833. The summed E-state index contributed by atoms with van der Waals surface area (Å²) in [6, 6.07) is 2.91. The zero-order chi connectivity index (χ0) is 19.5. The van der Waals surface area contributed by atoms with E-state index in [1.165, 1.54) is 18.3 Å². The number of aromatic hydroxyl groups is 1. The van der Waals surface area contributed by atoms with E-state index in [2.05, 4.69) is 30.4 Å². The van der Waals surface area contributed by atoms with Crippen molar-refractivity contribution in [1.29, 1.82) is 0 Å². The van der Waals surface area contributed by atoms with Crippen molar-refractivity contribution in [3.63, 3.8) is 0 Å². The summed E-state index contributed by atoms with van der Waals surface area (Å²) in [4.78, 5) is 30.1. The van der Waals surface area contributed by atoms with Crippen LogP contribution in [0.25, 0.3) is 0 Å². The smallest absolute Gasteiger partial charge is 0.274 e. The van der Waals surface area contributed by atoms with Crippen LogP contribution >= 0.6 is 0 Å². The van der Waals surface area contributed by atoms with E-state index in [-0.39, 0.29) is 23.9 Å². The van der Waals surface area contributed by atoms with Crippen LogP contribution in [0, 0.1) is 0 Å². The molecule has 148 valence electrons. The Hall–Kier alpha value is -3.01. The maximum absolute atomic E-state index is 12.4. The number of piperidine rings is 1. The zero-order valence-electron chi connectivity index (χ0n) is 15.5. The van der Waals surface area contributed by atoms with E-state index < -0.39 is 5.91 Å². The lowest BCUT2D eigenvalue weighted by Crippen LogP contribution is -2.44. The monoisotopic (exact) mass is 385 g/mol. The average molecular weight is 385 g/mol. The maximum Gasteiger partial charge on any atom is 0.274 e. The molecule has 1 saturated heterocycles. The molecule has 10 heteroatoms. The molecule has 3 N–H and O–H groups in total. The number of amides is 2. The predicted octanol–water partition coefficient (Wildman–Crippen LogP) is -0.382. The Labute approximate surface area is 162 Å². The first kappa shape index (κ1) is 18.4. The fourth-order valence-electron chi connectivity index (χ4n) is 3.73. The highest BCUT2D eigenvalue weighted by Crippen LogP contribution is 2.27. The third kappa shape index (κ3) is 3.68. The van der Waals surface area contributed by atoms with Crippen LogP contribution in [0.15, 0.2) is 18.3 Å². The Bertz CT molecular complexity index is 874. The number of nitrogens with one attached hydrogen (secondary N) is 2. The minimum absolute atomic E-state index is 0.0833. The highest BCUT2D eigenvalue weighted by Gasteiger charge is 2.29. The van der Waals surface area contributed by atoms with Crippen molar-refractivity contribution < 1.29 is 14.7 Å². The second-order valence-electron chi connectivity index (χ2n) is 7.01. The number of likely N-dealkylation sites (tertiary alicyclic amines) is 1. The molecule has 2 aliphatic rings. The van der Waals surface area contributed by atoms with Crippen LogP contribution in [0.1, 0.15) is 40.9 Å². The molecule has 2 aromatic rings. The number of aromatic nitrogens is 4. The molecule has 2 amide bonds. The molecule has 2 aromatic heterocycles. The maximum atomic E-state index is 12.4. The molecular weight excluding hydrogens is 362 g/mol. The molecule has 0 radical (unpaired) electrons. The normalized spacial score (nSPS) is 17.2. The first-order chi connectivity index (χ1) is 13.6. The molecule has 2 aliphatic heterocycles. The number of carbonyl (C=O) groups excluding carboxylic acids is 2. The van der Waals surface area contributed by atoms with Gasteiger partial charge < -0.3 is 25.2 Å². The van der Waals surface area contributed by atoms with Gasteiger partial charge in [-0.25, -0.2) is 4.98 Å². The predicted molar refractivity (Wildman–Crippen MR) is 98.5 cm³/mol. The minimum atomic E-state index is -0.565. The van der Waals surface area contributed by atoms with Gasteiger partial charge in [0, 0.05) is 38.3 Å². The Morgan fingerprint density at radius 3 is 2.86 bits per heavy atom. The van der Waals surface area contributed by atoms with Crippen molar-refractivity contribution in [3.8, 4) is 5.75 Å². The van der Waals surface area contributed by atoms with Crippen molar-refractivity contribution in [3.05, 3.63) is 35.7 Å². The number of fused-ring (bicyclic) bond motifs is 1. The number of hydrogen-bond acceptors (Lipinski definition) is 7. The van der Waals surface area contributed by atoms with E-state index in [0.717, 1.165) is 44.1 Å². The molecule has 4 rings (SSSR count). The SMILES string of the molecule is O=C(NCC(=O)N1CCC(c2nnc3n2CCNC3)CC1)c1ncccc1O. The zero-order valence-corrected chi connectivity index (χ0v) is 15.5. The molecule has 0 aliphatic carbocycles. The fourth-order valence-corrected chi connectivity index (χ4v) is 3.73. The summed E-state index contributed by atoms with van der Waals surface area (Å²) in [7, 11) is 0. The summed E-state index contributed by atoms with van der Waals surface area (Å²) < 4.78 is 2.19. The summed E-state index contributed by atoms with van der Waals surface area (Å²) in [5.74, 6) is 1.37. The van der Waals surface area contributed by atoms with Crippen molar-refractivity contribution in [1.82, 2.24) is 35.3 Å². The van der Waals surface area contributed by atoms with E-state index in [9.17, 15) is 14.7 Å². The Morgan fingerprint density at radius 1 is 1.25 bits per heavy atom. The minimum Gasteiger partial charge on any atom is -0.505 e. The standard InChI is InChI=1S/C18H23N7O3/c26-13-2-1-5-20-16(13)18(28)21-11-15(27)24-7-3-12(4-8-24)17-23-22-14-10-19-6-9-25(14)17/h1-2,5,12,19,26H,3-4,6-11H2,(H,21,28). The summed E-state index contributed by atoms with van der Waals surface area (Å²) in [6.45, 7) is 3.66. The molecule has 4 heterocycles. The first-order valence-corrected chi connectivity index (χ1v) is 9.46. The highest BCUT2D eigenvalue weighted by molar-refractivity contribution is 5.96. The van der Waals surface area contributed by atoms with E-state index in [1.807, 2.05) is 0 Å². The fraction of sp³-hybridized carbons (Fsp3) is 0.500. The van der Waals surface area contributed by atoms with Gasteiger partial charge in [-0.2, -0.15) is 0 Å². The van der Waals surface area contributed by atoms with Gasteiger partial charge in [0.15, 0.2) is 5.69 Å². The van der Waals surface area contributed by atoms with Crippen LogP contribution in [0.2, 0.25) is 0 Å². The van der Waals surface area contributed by atoms with E-state index in [0.29, 0.717) is 19.0 Å². The third-order valence-electron chi connectivity index (χ3n) is 5.27. The molecule has 0 unspecified atom stereocenters. The lowest BCUT2D eigenvalue weighted by atomic mass is 9.95. The highest BCUT2D eigenvalue weighted by atomic mass is 16.3. The number of rotatable bonds is 4. The van der Waals surface area contributed by atoms with Gasteiger partial charge in [-0.1, -0.05) is 0 Å². The van der Waals surface area contributed by atoms with Crippen LogP contribution in [0.4, 0.5) is 0 Å². The van der Waals surface area contributed by atoms with Gasteiger partial charge >= 0.3 is 0 Å². The topological polar surface area (TPSA) is 125 Å². The third-order valence-corrected chi connectivity index (χ3v) is 5.27. The van der Waals surface area contributed by atoms with Gasteiger partial charge in [0.05, 0.1) is 13.1 Å². The molecule has 28 heavy (non-hydrogen) atoms. The summed E-state index contributed by atoms with van der Waals surface area (Å²) >= 11 is 0.